The first-order valence-electron chi connectivity index (χ1n) is 6.24. The minimum Gasteiger partial charge on any atom is -0.327 e. The number of hydrogen-bond donors (Lipinski definition) is 1. The normalized spacial score (nSPS) is 36.0. The third-order valence-corrected chi connectivity index (χ3v) is 3.56. The summed E-state index contributed by atoms with van der Waals surface area (Å²) in [6, 6.07) is 0.445. The van der Waals surface area contributed by atoms with E-state index in [1.54, 1.807) is 0 Å². The smallest absolute Gasteiger partial charge is 0.00697 e. The Labute approximate surface area is 89.5 Å². The van der Waals surface area contributed by atoms with Crippen molar-refractivity contribution >= 4 is 0 Å². The van der Waals surface area contributed by atoms with Crippen LogP contribution in [-0.4, -0.2) is 6.04 Å². The second-order valence-corrected chi connectivity index (χ2v) is 5.97. The van der Waals surface area contributed by atoms with Crippen LogP contribution in [0.25, 0.3) is 0 Å². The molecule has 0 aromatic carbocycles. The van der Waals surface area contributed by atoms with Crippen molar-refractivity contribution in [3.8, 4) is 0 Å². The average molecular weight is 197 g/mol. The second-order valence-electron chi connectivity index (χ2n) is 5.97. The lowest BCUT2D eigenvalue weighted by molar-refractivity contribution is 0.182. The summed E-state index contributed by atoms with van der Waals surface area (Å²) in [5, 5.41) is 0. The van der Waals surface area contributed by atoms with Crippen molar-refractivity contribution in [1.82, 2.24) is 0 Å². The van der Waals surface area contributed by atoms with Crippen molar-refractivity contribution < 1.29 is 0 Å². The molecule has 0 spiro atoms. The molecule has 0 amide bonds. The van der Waals surface area contributed by atoms with E-state index in [1.807, 2.05) is 0 Å². The van der Waals surface area contributed by atoms with Crippen LogP contribution in [0.2, 0.25) is 0 Å². The molecule has 0 heterocycles. The Kier molecular flexibility index (Phi) is 4.43. The van der Waals surface area contributed by atoms with Gasteiger partial charge < -0.3 is 5.73 Å². The third kappa shape index (κ3) is 3.61. The van der Waals surface area contributed by atoms with Crippen molar-refractivity contribution in [1.29, 1.82) is 0 Å². The standard InChI is InChI=1S/C13H27N/c1-9(2)5-13(14)12-7-10(3)6-11(4)8-12/h9-13H,5-8,14H2,1-4H3. The third-order valence-electron chi connectivity index (χ3n) is 3.56. The molecule has 14 heavy (non-hydrogen) atoms. The van der Waals surface area contributed by atoms with Crippen LogP contribution in [0.4, 0.5) is 0 Å². The molecule has 1 heteroatoms. The maximum Gasteiger partial charge on any atom is 0.00697 e. The zero-order valence-corrected chi connectivity index (χ0v) is 10.3. The lowest BCUT2D eigenvalue weighted by atomic mass is 9.72. The molecule has 1 fully saturated rings. The molecule has 0 aromatic rings. The van der Waals surface area contributed by atoms with Gasteiger partial charge in [0.15, 0.2) is 0 Å². The summed E-state index contributed by atoms with van der Waals surface area (Å²) < 4.78 is 0. The fourth-order valence-electron chi connectivity index (χ4n) is 3.10. The largest absolute Gasteiger partial charge is 0.327 e. The SMILES string of the molecule is CC(C)CC(N)C1CC(C)CC(C)C1. The van der Waals surface area contributed by atoms with Gasteiger partial charge in [-0.15, -0.1) is 0 Å². The van der Waals surface area contributed by atoms with Crippen LogP contribution in [0.5, 0.6) is 0 Å². The van der Waals surface area contributed by atoms with Gasteiger partial charge in [-0.25, -0.2) is 0 Å². The van der Waals surface area contributed by atoms with Crippen molar-refractivity contribution in [3.63, 3.8) is 0 Å². The predicted octanol–water partition coefficient (Wildman–Crippen LogP) is 3.43. The highest BCUT2D eigenvalue weighted by atomic mass is 14.7. The molecule has 1 rings (SSSR count). The van der Waals surface area contributed by atoms with E-state index in [4.69, 9.17) is 5.73 Å². The maximum absolute atomic E-state index is 6.27. The van der Waals surface area contributed by atoms with Gasteiger partial charge in [0.25, 0.3) is 0 Å². The number of hydrogen-bond acceptors (Lipinski definition) is 1. The highest BCUT2D eigenvalue weighted by Gasteiger charge is 2.28. The van der Waals surface area contributed by atoms with E-state index in [0.29, 0.717) is 6.04 Å². The summed E-state index contributed by atoms with van der Waals surface area (Å²) in [6.45, 7) is 9.31. The molecule has 0 radical (unpaired) electrons. The minimum atomic E-state index is 0.445. The van der Waals surface area contributed by atoms with Gasteiger partial charge in [0.05, 0.1) is 0 Å². The fourth-order valence-corrected chi connectivity index (χ4v) is 3.10. The van der Waals surface area contributed by atoms with Crippen molar-refractivity contribution in [2.75, 3.05) is 0 Å². The Morgan fingerprint density at radius 1 is 1.07 bits per heavy atom. The highest BCUT2D eigenvalue weighted by Crippen LogP contribution is 2.35. The summed E-state index contributed by atoms with van der Waals surface area (Å²) in [5.74, 6) is 3.32. The van der Waals surface area contributed by atoms with Crippen LogP contribution in [0.1, 0.15) is 53.4 Å². The molecule has 0 bridgehead atoms. The molecule has 0 saturated heterocycles. The summed E-state index contributed by atoms with van der Waals surface area (Å²) in [6.07, 6.45) is 5.32. The summed E-state index contributed by atoms with van der Waals surface area (Å²) in [7, 11) is 0. The van der Waals surface area contributed by atoms with E-state index in [9.17, 15) is 0 Å². The molecular weight excluding hydrogens is 170 g/mol. The fraction of sp³-hybridized carbons (Fsp3) is 1.00. The summed E-state index contributed by atoms with van der Waals surface area (Å²) in [4.78, 5) is 0. The lowest BCUT2D eigenvalue weighted by Gasteiger charge is -2.35. The van der Waals surface area contributed by atoms with Gasteiger partial charge in [0, 0.05) is 6.04 Å². The zero-order chi connectivity index (χ0) is 10.7. The van der Waals surface area contributed by atoms with Gasteiger partial charge in [-0.2, -0.15) is 0 Å². The molecule has 0 aliphatic heterocycles. The zero-order valence-electron chi connectivity index (χ0n) is 10.3. The van der Waals surface area contributed by atoms with Crippen LogP contribution in [0.3, 0.4) is 0 Å². The first kappa shape index (κ1) is 12.0. The Bertz CT molecular complexity index is 155. The molecule has 0 aromatic heterocycles. The number of nitrogens with two attached hydrogens (primary N) is 1. The van der Waals surface area contributed by atoms with Crippen LogP contribution < -0.4 is 5.73 Å². The van der Waals surface area contributed by atoms with Gasteiger partial charge >= 0.3 is 0 Å². The highest BCUT2D eigenvalue weighted by molar-refractivity contribution is 4.82. The van der Waals surface area contributed by atoms with Gasteiger partial charge in [0.1, 0.15) is 0 Å². The first-order valence-corrected chi connectivity index (χ1v) is 6.24. The molecule has 1 saturated carbocycles. The van der Waals surface area contributed by atoms with Crippen LogP contribution in [0.15, 0.2) is 0 Å². The second kappa shape index (κ2) is 5.16. The quantitative estimate of drug-likeness (QED) is 0.737. The molecule has 1 aliphatic rings. The van der Waals surface area contributed by atoms with E-state index < -0.39 is 0 Å². The topological polar surface area (TPSA) is 26.0 Å². The number of rotatable bonds is 3. The molecule has 1 aliphatic carbocycles. The summed E-state index contributed by atoms with van der Waals surface area (Å²) in [5.41, 5.74) is 6.27. The van der Waals surface area contributed by atoms with Crippen molar-refractivity contribution in [3.05, 3.63) is 0 Å². The Hall–Kier alpha value is -0.0400. The van der Waals surface area contributed by atoms with E-state index in [2.05, 4.69) is 27.7 Å². The van der Waals surface area contributed by atoms with Gasteiger partial charge in [-0.3, -0.25) is 0 Å². The van der Waals surface area contributed by atoms with Crippen LogP contribution >= 0.6 is 0 Å². The predicted molar refractivity (Wildman–Crippen MR) is 63.1 cm³/mol. The average Bonchev–Trinajstić information content (AvgIpc) is 2.00. The van der Waals surface area contributed by atoms with Crippen molar-refractivity contribution in [2.24, 2.45) is 29.4 Å². The molecular formula is C13H27N. The molecule has 2 N–H and O–H groups in total. The van der Waals surface area contributed by atoms with Crippen molar-refractivity contribution in [2.45, 2.75) is 59.4 Å². The Morgan fingerprint density at radius 3 is 2.00 bits per heavy atom. The van der Waals surface area contributed by atoms with E-state index in [1.165, 1.54) is 25.7 Å². The van der Waals surface area contributed by atoms with Crippen LogP contribution in [0, 0.1) is 23.7 Å². The van der Waals surface area contributed by atoms with E-state index in [0.717, 1.165) is 23.7 Å². The van der Waals surface area contributed by atoms with Gasteiger partial charge in [-0.05, 0) is 49.4 Å². The Morgan fingerprint density at radius 2 is 1.57 bits per heavy atom. The summed E-state index contributed by atoms with van der Waals surface area (Å²) >= 11 is 0. The molecule has 3 atom stereocenters. The van der Waals surface area contributed by atoms with E-state index >= 15 is 0 Å². The molecule has 84 valence electrons. The van der Waals surface area contributed by atoms with Gasteiger partial charge in [-0.1, -0.05) is 27.7 Å². The minimum absolute atomic E-state index is 0.445. The lowest BCUT2D eigenvalue weighted by Crippen LogP contribution is -2.36. The molecule has 1 nitrogen and oxygen atoms in total. The van der Waals surface area contributed by atoms with Crippen LogP contribution in [-0.2, 0) is 0 Å². The maximum atomic E-state index is 6.27. The monoisotopic (exact) mass is 197 g/mol. The van der Waals surface area contributed by atoms with E-state index in [-0.39, 0.29) is 0 Å². The first-order chi connectivity index (χ1) is 6.49. The van der Waals surface area contributed by atoms with Gasteiger partial charge in [0.2, 0.25) is 0 Å². The Balaban J connectivity index is 2.42. The molecule has 3 unspecified atom stereocenters.